The highest BCUT2D eigenvalue weighted by molar-refractivity contribution is 6.30. The van der Waals surface area contributed by atoms with Crippen molar-refractivity contribution in [2.24, 2.45) is 10.9 Å². The van der Waals surface area contributed by atoms with Crippen LogP contribution in [0.4, 0.5) is 4.79 Å². The number of esters is 1. The second kappa shape index (κ2) is 6.26. The second-order valence-corrected chi connectivity index (χ2v) is 5.64. The quantitative estimate of drug-likeness (QED) is 0.872. The molecule has 0 aliphatic carbocycles. The lowest BCUT2D eigenvalue weighted by atomic mass is 9.88. The predicted octanol–water partition coefficient (Wildman–Crippen LogP) is 3.13. The molecule has 1 aliphatic heterocycles. The lowest BCUT2D eigenvalue weighted by Gasteiger charge is -2.30. The van der Waals surface area contributed by atoms with E-state index in [1.807, 2.05) is 6.07 Å². The van der Waals surface area contributed by atoms with E-state index in [2.05, 4.69) is 10.3 Å². The van der Waals surface area contributed by atoms with Gasteiger partial charge in [0.1, 0.15) is 5.92 Å². The van der Waals surface area contributed by atoms with Crippen LogP contribution in [0.25, 0.3) is 0 Å². The Morgan fingerprint density at radius 1 is 1.43 bits per heavy atom. The number of urea groups is 1. The van der Waals surface area contributed by atoms with Gasteiger partial charge in [-0.05, 0) is 38.5 Å². The van der Waals surface area contributed by atoms with Crippen LogP contribution in [0.5, 0.6) is 0 Å². The molecule has 0 aromatic heterocycles. The van der Waals surface area contributed by atoms with E-state index in [4.69, 9.17) is 16.3 Å². The number of aliphatic imine (C=N–C) groups is 1. The number of benzene rings is 1. The first-order valence-corrected chi connectivity index (χ1v) is 7.08. The third-order valence-electron chi connectivity index (χ3n) is 3.15. The zero-order valence-corrected chi connectivity index (χ0v) is 12.8. The minimum absolute atomic E-state index is 0.233. The molecule has 1 aromatic carbocycles. The Balaban J connectivity index is 2.38. The van der Waals surface area contributed by atoms with E-state index < -0.39 is 24.0 Å². The van der Waals surface area contributed by atoms with Gasteiger partial charge in [-0.25, -0.2) is 9.79 Å². The summed E-state index contributed by atoms with van der Waals surface area (Å²) in [5, 5.41) is 3.25. The summed E-state index contributed by atoms with van der Waals surface area (Å²) in [4.78, 5) is 27.8. The Morgan fingerprint density at radius 3 is 2.76 bits per heavy atom. The summed E-state index contributed by atoms with van der Waals surface area (Å²) in [6.07, 6.45) is -0.233. The van der Waals surface area contributed by atoms with Gasteiger partial charge in [-0.2, -0.15) is 0 Å². The Bertz CT molecular complexity index is 598. The molecule has 2 unspecified atom stereocenters. The van der Waals surface area contributed by atoms with Gasteiger partial charge in [0.2, 0.25) is 0 Å². The number of carbonyl (C=O) groups is 2. The first-order chi connectivity index (χ1) is 9.88. The number of hydrogen-bond acceptors (Lipinski definition) is 3. The van der Waals surface area contributed by atoms with E-state index >= 15 is 0 Å². The average Bonchev–Trinajstić information content (AvgIpc) is 2.36. The number of nitrogens with zero attached hydrogens (tertiary/aromatic N) is 1. The van der Waals surface area contributed by atoms with E-state index in [0.29, 0.717) is 10.7 Å². The van der Waals surface area contributed by atoms with Crippen LogP contribution < -0.4 is 5.32 Å². The van der Waals surface area contributed by atoms with Crippen LogP contribution in [-0.4, -0.2) is 23.8 Å². The van der Waals surface area contributed by atoms with Crippen LogP contribution in [0.15, 0.2) is 29.3 Å². The monoisotopic (exact) mass is 308 g/mol. The minimum atomic E-state index is -0.649. The van der Waals surface area contributed by atoms with E-state index in [1.165, 1.54) is 0 Å². The SMILES string of the molecule is CC1=NC(=O)NC(c2cccc(Cl)c2)C1C(=O)OC(C)C. The van der Waals surface area contributed by atoms with Crippen LogP contribution in [0, 0.1) is 5.92 Å². The molecule has 6 heteroatoms. The Labute approximate surface area is 128 Å². The van der Waals surface area contributed by atoms with E-state index in [9.17, 15) is 9.59 Å². The lowest BCUT2D eigenvalue weighted by molar-refractivity contribution is -0.150. The molecule has 2 amide bonds. The molecule has 1 aliphatic rings. The molecule has 2 atom stereocenters. The number of rotatable bonds is 3. The molecular formula is C15H17ClN2O3. The van der Waals surface area contributed by atoms with Gasteiger partial charge >= 0.3 is 12.0 Å². The van der Waals surface area contributed by atoms with Crippen molar-refractivity contribution in [3.8, 4) is 0 Å². The Morgan fingerprint density at radius 2 is 2.14 bits per heavy atom. The molecular weight excluding hydrogens is 292 g/mol. The summed E-state index contributed by atoms with van der Waals surface area (Å²) in [5.74, 6) is -1.06. The van der Waals surface area contributed by atoms with E-state index in [0.717, 1.165) is 5.56 Å². The molecule has 21 heavy (non-hydrogen) atoms. The van der Waals surface area contributed by atoms with Gasteiger partial charge in [-0.15, -0.1) is 0 Å². The van der Waals surface area contributed by atoms with Crippen molar-refractivity contribution in [3.63, 3.8) is 0 Å². The molecule has 2 rings (SSSR count). The number of ether oxygens (including phenoxy) is 1. The van der Waals surface area contributed by atoms with Crippen molar-refractivity contribution in [1.29, 1.82) is 0 Å². The molecule has 1 N–H and O–H groups in total. The Kier molecular flexibility index (Phi) is 4.63. The number of halogens is 1. The first kappa shape index (κ1) is 15.5. The van der Waals surface area contributed by atoms with Crippen molar-refractivity contribution in [1.82, 2.24) is 5.32 Å². The smallest absolute Gasteiger partial charge is 0.341 e. The summed E-state index contributed by atoms with van der Waals surface area (Å²) in [5.41, 5.74) is 1.19. The van der Waals surface area contributed by atoms with Crippen molar-refractivity contribution < 1.29 is 14.3 Å². The number of hydrogen-bond donors (Lipinski definition) is 1. The van der Waals surface area contributed by atoms with Gasteiger partial charge in [-0.1, -0.05) is 23.7 Å². The molecule has 0 saturated heterocycles. The summed E-state index contributed by atoms with van der Waals surface area (Å²) >= 11 is 5.99. The topological polar surface area (TPSA) is 67.8 Å². The number of carbonyl (C=O) groups excluding carboxylic acids is 2. The molecule has 0 bridgehead atoms. The van der Waals surface area contributed by atoms with Crippen LogP contribution in [0.3, 0.4) is 0 Å². The van der Waals surface area contributed by atoms with Gasteiger partial charge in [0.25, 0.3) is 0 Å². The largest absolute Gasteiger partial charge is 0.462 e. The molecule has 0 radical (unpaired) electrons. The normalized spacial score (nSPS) is 21.8. The van der Waals surface area contributed by atoms with Crippen LogP contribution in [0.2, 0.25) is 5.02 Å². The summed E-state index contributed by atoms with van der Waals surface area (Å²) in [6.45, 7) is 5.21. The van der Waals surface area contributed by atoms with Gasteiger partial charge in [0.15, 0.2) is 0 Å². The molecule has 5 nitrogen and oxygen atoms in total. The fraction of sp³-hybridized carbons (Fsp3) is 0.400. The maximum absolute atomic E-state index is 12.3. The molecule has 0 fully saturated rings. The molecule has 0 saturated carbocycles. The highest BCUT2D eigenvalue weighted by Crippen LogP contribution is 2.29. The third-order valence-corrected chi connectivity index (χ3v) is 3.39. The molecule has 1 heterocycles. The van der Waals surface area contributed by atoms with Crippen molar-refractivity contribution in [2.45, 2.75) is 32.9 Å². The van der Waals surface area contributed by atoms with Crippen molar-refractivity contribution >= 4 is 29.3 Å². The van der Waals surface area contributed by atoms with E-state index in [1.54, 1.807) is 39.0 Å². The maximum Gasteiger partial charge on any atom is 0.341 e. The average molecular weight is 309 g/mol. The standard InChI is InChI=1S/C15H17ClN2O3/c1-8(2)21-14(19)12-9(3)17-15(20)18-13(12)10-5-4-6-11(16)7-10/h4-8,12-13H,1-3H3,(H,18,20). The summed E-state index contributed by atoms with van der Waals surface area (Å²) in [6, 6.07) is 6.05. The van der Waals surface area contributed by atoms with Crippen LogP contribution in [-0.2, 0) is 9.53 Å². The zero-order chi connectivity index (χ0) is 15.6. The summed E-state index contributed by atoms with van der Waals surface area (Å²) in [7, 11) is 0. The van der Waals surface area contributed by atoms with Gasteiger partial charge in [-0.3, -0.25) is 4.79 Å². The zero-order valence-electron chi connectivity index (χ0n) is 12.1. The van der Waals surface area contributed by atoms with Crippen molar-refractivity contribution in [2.75, 3.05) is 0 Å². The molecule has 0 spiro atoms. The highest BCUT2D eigenvalue weighted by atomic mass is 35.5. The molecule has 112 valence electrons. The predicted molar refractivity (Wildman–Crippen MR) is 80.6 cm³/mol. The summed E-state index contributed by atoms with van der Waals surface area (Å²) < 4.78 is 5.27. The Hall–Kier alpha value is -1.88. The fourth-order valence-corrected chi connectivity index (χ4v) is 2.51. The third kappa shape index (κ3) is 3.61. The lowest BCUT2D eigenvalue weighted by Crippen LogP contribution is -2.44. The molecule has 1 aromatic rings. The first-order valence-electron chi connectivity index (χ1n) is 6.70. The van der Waals surface area contributed by atoms with Crippen LogP contribution >= 0.6 is 11.6 Å². The van der Waals surface area contributed by atoms with Gasteiger partial charge < -0.3 is 10.1 Å². The maximum atomic E-state index is 12.3. The van der Waals surface area contributed by atoms with Crippen LogP contribution in [0.1, 0.15) is 32.4 Å². The van der Waals surface area contributed by atoms with Gasteiger partial charge in [0.05, 0.1) is 12.1 Å². The van der Waals surface area contributed by atoms with Crippen molar-refractivity contribution in [3.05, 3.63) is 34.9 Å². The second-order valence-electron chi connectivity index (χ2n) is 5.20. The highest BCUT2D eigenvalue weighted by Gasteiger charge is 2.38. The fourth-order valence-electron chi connectivity index (χ4n) is 2.31. The number of nitrogens with one attached hydrogen (secondary N) is 1. The van der Waals surface area contributed by atoms with Gasteiger partial charge in [0, 0.05) is 10.7 Å². The van der Waals surface area contributed by atoms with E-state index in [-0.39, 0.29) is 6.10 Å². The minimum Gasteiger partial charge on any atom is -0.462 e. The number of amides is 2.